The number of carbonyl (C=O) groups excluding carboxylic acids is 2. The van der Waals surface area contributed by atoms with Gasteiger partial charge in [-0.2, -0.15) is 0 Å². The molecule has 6 saturated carbocycles. The van der Waals surface area contributed by atoms with Crippen LogP contribution in [0.1, 0.15) is 246 Å². The monoisotopic (exact) mass is 903 g/mol. The number of ether oxygens (including phenoxy) is 2. The predicted octanol–water partition coefficient (Wildman–Crippen LogP) is 17.6. The molecule has 65 heavy (non-hydrogen) atoms. The molecule has 8 rings (SSSR count). The highest BCUT2D eigenvalue weighted by atomic mass is 16.5. The lowest BCUT2D eigenvalue weighted by atomic mass is 9.47. The maximum Gasteiger partial charge on any atom is 0.305 e. The summed E-state index contributed by atoms with van der Waals surface area (Å²) < 4.78 is 11.4. The highest BCUT2D eigenvalue weighted by molar-refractivity contribution is 5.69. The Hall–Kier alpha value is -1.58. The van der Waals surface area contributed by atoms with E-state index in [0.29, 0.717) is 28.1 Å². The first-order chi connectivity index (χ1) is 29.8. The van der Waals surface area contributed by atoms with Crippen molar-refractivity contribution in [1.29, 1.82) is 0 Å². The topological polar surface area (TPSA) is 52.6 Å². The van der Waals surface area contributed by atoms with Crippen molar-refractivity contribution in [1.82, 2.24) is 0 Å². The Labute approximate surface area is 403 Å². The zero-order chi connectivity index (χ0) is 45.5. The quantitative estimate of drug-likeness (QED) is 0.136. The minimum Gasteiger partial charge on any atom is -0.462 e. The maximum atomic E-state index is 11.9. The standard InChI is InChI=1S/C30H50O2.C29H48O2.2CH4/c1-7-28(31)32-23-15-17-29(5)22(19-23)11-12-24-26-14-13-25(21(4)10-8-9-20(2)3)30(26,6)18-16-27(24)29;1-19(2)8-7-9-20(3)25-12-13-26-24-11-10-22-18-23(31-21(4)30)14-16-28(22,5)27(24)15-17-29(25,26)6;;/h11,20-21,23-27H,7-10,12-19H2,1-6H3;10,19-20,23-27H,7-9,11-18H2,1-6H3;2*1H4. The van der Waals surface area contributed by atoms with E-state index in [1.54, 1.807) is 18.1 Å². The largest absolute Gasteiger partial charge is 0.462 e. The van der Waals surface area contributed by atoms with Gasteiger partial charge in [0, 0.05) is 26.2 Å². The van der Waals surface area contributed by atoms with Gasteiger partial charge in [0.15, 0.2) is 0 Å². The molecular formula is C61H106O4. The van der Waals surface area contributed by atoms with Gasteiger partial charge in [0.2, 0.25) is 0 Å². The molecule has 0 bridgehead atoms. The second kappa shape index (κ2) is 22.0. The molecule has 16 atom stereocenters. The van der Waals surface area contributed by atoms with Gasteiger partial charge in [0.25, 0.3) is 0 Å². The van der Waals surface area contributed by atoms with Crippen molar-refractivity contribution >= 4 is 11.9 Å². The van der Waals surface area contributed by atoms with Crippen molar-refractivity contribution in [2.24, 2.45) is 92.7 Å². The zero-order valence-electron chi connectivity index (χ0n) is 43.1. The molecule has 16 unspecified atom stereocenters. The lowest BCUT2D eigenvalue weighted by molar-refractivity contribution is -0.151. The van der Waals surface area contributed by atoms with Gasteiger partial charge in [-0.1, -0.05) is 153 Å². The lowest BCUT2D eigenvalue weighted by Crippen LogP contribution is -2.51. The van der Waals surface area contributed by atoms with E-state index >= 15 is 0 Å². The Kier molecular flexibility index (Phi) is 18.4. The first-order valence-corrected chi connectivity index (χ1v) is 27.6. The third-order valence-corrected chi connectivity index (χ3v) is 21.4. The minimum atomic E-state index is -0.115. The first kappa shape index (κ1) is 54.4. The van der Waals surface area contributed by atoms with Crippen LogP contribution in [0.15, 0.2) is 23.3 Å². The molecule has 4 heteroatoms. The van der Waals surface area contributed by atoms with E-state index in [4.69, 9.17) is 9.47 Å². The lowest BCUT2D eigenvalue weighted by Gasteiger charge is -2.58. The number of esters is 2. The SMILES string of the molecule is C.C.CC(=O)OC1CCC2(C)C(=CCC3C2CCC2(C)C(C(C)CCCC(C)C)CCC32)C1.CCC(=O)OC1CCC2(C)C(=CCC3C2CCC2(C)C(C(C)CCCC(C)C)CCC32)C1. The third-order valence-electron chi connectivity index (χ3n) is 21.4. The number of rotatable bonds is 13. The Bertz CT molecular complexity index is 1640. The van der Waals surface area contributed by atoms with E-state index in [-0.39, 0.29) is 39.0 Å². The van der Waals surface area contributed by atoms with E-state index in [9.17, 15) is 9.59 Å². The normalized spacial score (nSPS) is 41.1. The average Bonchev–Trinajstić information content (AvgIpc) is 3.77. The van der Waals surface area contributed by atoms with Crippen molar-refractivity contribution < 1.29 is 19.1 Å². The number of fused-ring (bicyclic) bond motifs is 10. The van der Waals surface area contributed by atoms with E-state index in [0.717, 1.165) is 96.7 Å². The van der Waals surface area contributed by atoms with Gasteiger partial charge < -0.3 is 9.47 Å². The summed E-state index contributed by atoms with van der Waals surface area (Å²) in [6, 6.07) is 0. The van der Waals surface area contributed by atoms with Gasteiger partial charge in [-0.3, -0.25) is 9.59 Å². The number of carbonyl (C=O) groups is 2. The molecule has 374 valence electrons. The van der Waals surface area contributed by atoms with Crippen LogP contribution >= 0.6 is 0 Å². The van der Waals surface area contributed by atoms with E-state index in [1.165, 1.54) is 116 Å². The molecule has 6 fully saturated rings. The summed E-state index contributed by atoms with van der Waals surface area (Å²) in [5, 5.41) is 0. The Morgan fingerprint density at radius 1 is 0.569 bits per heavy atom. The molecule has 8 aliphatic carbocycles. The van der Waals surface area contributed by atoms with Gasteiger partial charge in [-0.25, -0.2) is 0 Å². The van der Waals surface area contributed by atoms with Crippen LogP contribution in [0.3, 0.4) is 0 Å². The number of hydrogen-bond acceptors (Lipinski definition) is 4. The third kappa shape index (κ3) is 10.9. The number of hydrogen-bond donors (Lipinski definition) is 0. The van der Waals surface area contributed by atoms with Crippen molar-refractivity contribution in [3.05, 3.63) is 23.3 Å². The second-order valence-electron chi connectivity index (χ2n) is 25.8. The molecule has 0 aromatic carbocycles. The van der Waals surface area contributed by atoms with Crippen LogP contribution in [0.4, 0.5) is 0 Å². The molecule has 0 N–H and O–H groups in total. The molecule has 0 heterocycles. The second-order valence-corrected chi connectivity index (χ2v) is 25.8. The van der Waals surface area contributed by atoms with Crippen molar-refractivity contribution in [3.63, 3.8) is 0 Å². The fraction of sp³-hybridized carbons (Fsp3) is 0.902. The fourth-order valence-electron chi connectivity index (χ4n) is 18.0. The molecule has 4 nitrogen and oxygen atoms in total. The molecule has 0 radical (unpaired) electrons. The van der Waals surface area contributed by atoms with Crippen LogP contribution in [0, 0.1) is 92.7 Å². The molecule has 0 amide bonds. The van der Waals surface area contributed by atoms with Crippen LogP contribution in [-0.4, -0.2) is 24.1 Å². The van der Waals surface area contributed by atoms with Gasteiger partial charge in [-0.05, 0) is 183 Å². The molecule has 0 aromatic heterocycles. The molecule has 8 aliphatic rings. The maximum absolute atomic E-state index is 11.9. The Balaban J connectivity index is 0.000000237. The molecular weight excluding hydrogens is 797 g/mol. The summed E-state index contributed by atoms with van der Waals surface area (Å²) in [5.41, 5.74) is 5.07. The summed E-state index contributed by atoms with van der Waals surface area (Å²) in [5.74, 6) is 10.5. The van der Waals surface area contributed by atoms with Crippen molar-refractivity contribution in [3.8, 4) is 0 Å². The average molecular weight is 904 g/mol. The molecule has 0 saturated heterocycles. The van der Waals surface area contributed by atoms with E-state index < -0.39 is 0 Å². The van der Waals surface area contributed by atoms with E-state index in [2.05, 4.69) is 81.4 Å². The van der Waals surface area contributed by atoms with Crippen LogP contribution in [0.5, 0.6) is 0 Å². The number of allylic oxidation sites excluding steroid dienone is 2. The zero-order valence-corrected chi connectivity index (χ0v) is 43.1. The van der Waals surface area contributed by atoms with Crippen molar-refractivity contribution in [2.75, 3.05) is 0 Å². The van der Waals surface area contributed by atoms with Crippen LogP contribution in [0.25, 0.3) is 0 Å². The fourth-order valence-corrected chi connectivity index (χ4v) is 18.0. The minimum absolute atomic E-state index is 0. The van der Waals surface area contributed by atoms with Gasteiger partial charge in [0.05, 0.1) is 0 Å². The van der Waals surface area contributed by atoms with Gasteiger partial charge in [0.1, 0.15) is 12.2 Å². The Morgan fingerprint density at radius 3 is 1.37 bits per heavy atom. The summed E-state index contributed by atoms with van der Waals surface area (Å²) in [7, 11) is 0. The summed E-state index contributed by atoms with van der Waals surface area (Å²) in [4.78, 5) is 23.3. The van der Waals surface area contributed by atoms with Crippen LogP contribution in [0.2, 0.25) is 0 Å². The molecule has 0 spiro atoms. The summed E-state index contributed by atoms with van der Waals surface area (Å²) in [6.45, 7) is 28.6. The molecule has 0 aliphatic heterocycles. The van der Waals surface area contributed by atoms with Crippen LogP contribution < -0.4 is 0 Å². The van der Waals surface area contributed by atoms with Gasteiger partial charge in [-0.15, -0.1) is 0 Å². The highest BCUT2D eigenvalue weighted by Gasteiger charge is 2.61. The summed E-state index contributed by atoms with van der Waals surface area (Å²) >= 11 is 0. The van der Waals surface area contributed by atoms with E-state index in [1.807, 2.05) is 6.92 Å². The molecule has 0 aromatic rings. The predicted molar refractivity (Wildman–Crippen MR) is 275 cm³/mol. The van der Waals surface area contributed by atoms with Gasteiger partial charge >= 0.3 is 11.9 Å². The first-order valence-electron chi connectivity index (χ1n) is 27.6. The smallest absolute Gasteiger partial charge is 0.305 e. The summed E-state index contributed by atoms with van der Waals surface area (Å²) in [6.07, 6.45) is 35.0. The van der Waals surface area contributed by atoms with Crippen LogP contribution in [-0.2, 0) is 19.1 Å². The van der Waals surface area contributed by atoms with Crippen molar-refractivity contribution in [2.45, 2.75) is 258 Å². The Morgan fingerprint density at radius 2 is 0.985 bits per heavy atom. The highest BCUT2D eigenvalue weighted by Crippen LogP contribution is 2.69.